The van der Waals surface area contributed by atoms with E-state index in [4.69, 9.17) is 0 Å². The topological polar surface area (TPSA) is 43.9 Å². The Hall–Kier alpha value is -3.44. The second kappa shape index (κ2) is 8.97. The lowest BCUT2D eigenvalue weighted by atomic mass is 10.0. The first-order valence-corrected chi connectivity index (χ1v) is 11.2. The monoisotopic (exact) mass is 425 g/mol. The van der Waals surface area contributed by atoms with Crippen LogP contribution >= 0.6 is 0 Å². The lowest BCUT2D eigenvalue weighted by Gasteiger charge is -2.48. The van der Waals surface area contributed by atoms with Crippen molar-refractivity contribution in [1.29, 1.82) is 0 Å². The van der Waals surface area contributed by atoms with E-state index in [1.165, 1.54) is 0 Å². The molecule has 0 bridgehead atoms. The molecule has 0 N–H and O–H groups in total. The Kier molecular flexibility index (Phi) is 5.73. The van der Waals surface area contributed by atoms with Gasteiger partial charge in [-0.25, -0.2) is 0 Å². The minimum absolute atomic E-state index is 0.0961. The summed E-state index contributed by atoms with van der Waals surface area (Å²) in [5.74, 6) is 0.202. The van der Waals surface area contributed by atoms with Crippen LogP contribution in [0.2, 0.25) is 0 Å². The van der Waals surface area contributed by atoms with Crippen LogP contribution in [-0.2, 0) is 0 Å². The molecular formula is C27H27N3O2. The van der Waals surface area contributed by atoms with Crippen LogP contribution in [-0.4, -0.2) is 71.8 Å². The molecule has 2 aliphatic rings. The molecule has 0 saturated carbocycles. The van der Waals surface area contributed by atoms with E-state index in [9.17, 15) is 9.59 Å². The molecule has 32 heavy (non-hydrogen) atoms. The highest BCUT2D eigenvalue weighted by atomic mass is 16.2. The summed E-state index contributed by atoms with van der Waals surface area (Å²) in [4.78, 5) is 31.7. The smallest absolute Gasteiger partial charge is 0.253 e. The van der Waals surface area contributed by atoms with Crippen LogP contribution in [0.15, 0.2) is 84.9 Å². The minimum atomic E-state index is 0.0961. The van der Waals surface area contributed by atoms with E-state index in [1.54, 1.807) is 0 Å². The first-order valence-electron chi connectivity index (χ1n) is 11.2. The maximum absolute atomic E-state index is 12.9. The maximum Gasteiger partial charge on any atom is 0.253 e. The molecule has 3 aromatic rings. The molecule has 162 valence electrons. The van der Waals surface area contributed by atoms with E-state index >= 15 is 0 Å². The van der Waals surface area contributed by atoms with Crippen molar-refractivity contribution in [3.8, 4) is 11.1 Å². The van der Waals surface area contributed by atoms with Gasteiger partial charge < -0.3 is 9.80 Å². The van der Waals surface area contributed by atoms with Gasteiger partial charge in [-0.15, -0.1) is 0 Å². The van der Waals surface area contributed by atoms with E-state index in [-0.39, 0.29) is 11.8 Å². The number of benzene rings is 3. The first kappa shape index (κ1) is 20.5. The normalized spacial score (nSPS) is 17.1. The highest BCUT2D eigenvalue weighted by Gasteiger charge is 2.36. The molecule has 2 amide bonds. The van der Waals surface area contributed by atoms with Crippen molar-refractivity contribution in [2.45, 2.75) is 6.04 Å². The van der Waals surface area contributed by atoms with Crippen LogP contribution in [0, 0.1) is 0 Å². The number of piperazine rings is 1. The summed E-state index contributed by atoms with van der Waals surface area (Å²) in [5, 5.41) is 0. The predicted octanol–water partition coefficient (Wildman–Crippen LogP) is 3.64. The fourth-order valence-corrected chi connectivity index (χ4v) is 4.52. The van der Waals surface area contributed by atoms with Crippen molar-refractivity contribution < 1.29 is 9.59 Å². The summed E-state index contributed by atoms with van der Waals surface area (Å²) in [6.45, 7) is 4.70. The Morgan fingerprint density at radius 3 is 1.69 bits per heavy atom. The molecule has 0 aromatic heterocycles. The number of carbonyl (C=O) groups is 2. The second-order valence-electron chi connectivity index (χ2n) is 8.50. The van der Waals surface area contributed by atoms with Crippen molar-refractivity contribution >= 4 is 11.8 Å². The molecule has 2 aliphatic heterocycles. The third-order valence-electron chi connectivity index (χ3n) is 6.53. The number of hydrogen-bond acceptors (Lipinski definition) is 3. The zero-order chi connectivity index (χ0) is 21.9. The molecule has 2 heterocycles. The van der Waals surface area contributed by atoms with Gasteiger partial charge in [-0.3, -0.25) is 14.5 Å². The van der Waals surface area contributed by atoms with Crippen molar-refractivity contribution in [2.24, 2.45) is 0 Å². The van der Waals surface area contributed by atoms with Crippen LogP contribution in [0.4, 0.5) is 0 Å². The molecule has 2 saturated heterocycles. The average molecular weight is 426 g/mol. The quantitative estimate of drug-likeness (QED) is 0.641. The summed E-state index contributed by atoms with van der Waals surface area (Å²) < 4.78 is 0. The standard InChI is InChI=1S/C27H27N3O2/c31-26(23-9-5-2-6-10-23)29-17-15-28(16-18-29)25-19-30(20-25)27(32)24-13-11-22(12-14-24)21-7-3-1-4-8-21/h1-14,25H,15-20H2. The average Bonchev–Trinajstić information content (AvgIpc) is 2.84. The van der Waals surface area contributed by atoms with Gasteiger partial charge in [0, 0.05) is 56.4 Å². The van der Waals surface area contributed by atoms with Gasteiger partial charge in [0.1, 0.15) is 0 Å². The Bertz CT molecular complexity index is 1070. The van der Waals surface area contributed by atoms with E-state index in [1.807, 2.05) is 82.6 Å². The van der Waals surface area contributed by atoms with Crippen LogP contribution < -0.4 is 0 Å². The van der Waals surface area contributed by atoms with Crippen molar-refractivity contribution in [1.82, 2.24) is 14.7 Å². The summed E-state index contributed by atoms with van der Waals surface area (Å²) in [6.07, 6.45) is 0. The number of amides is 2. The number of likely N-dealkylation sites (tertiary alicyclic amines) is 1. The molecule has 5 heteroatoms. The Morgan fingerprint density at radius 2 is 1.06 bits per heavy atom. The van der Waals surface area contributed by atoms with Gasteiger partial charge in [0.2, 0.25) is 0 Å². The molecule has 5 rings (SSSR count). The molecule has 0 unspecified atom stereocenters. The highest BCUT2D eigenvalue weighted by Crippen LogP contribution is 2.23. The molecule has 0 atom stereocenters. The molecular weight excluding hydrogens is 398 g/mol. The Labute approximate surface area is 188 Å². The third-order valence-corrected chi connectivity index (χ3v) is 6.53. The van der Waals surface area contributed by atoms with Gasteiger partial charge in [-0.1, -0.05) is 60.7 Å². The lowest BCUT2D eigenvalue weighted by molar-refractivity contribution is 0.00854. The molecule has 0 aliphatic carbocycles. The van der Waals surface area contributed by atoms with Gasteiger partial charge in [-0.05, 0) is 35.4 Å². The number of nitrogens with zero attached hydrogens (tertiary/aromatic N) is 3. The molecule has 0 radical (unpaired) electrons. The van der Waals surface area contributed by atoms with Gasteiger partial charge in [0.15, 0.2) is 0 Å². The molecule has 0 spiro atoms. The lowest BCUT2D eigenvalue weighted by Crippen LogP contribution is -2.64. The van der Waals surface area contributed by atoms with E-state index in [0.29, 0.717) is 6.04 Å². The Balaban J connectivity index is 1.11. The molecule has 5 nitrogen and oxygen atoms in total. The van der Waals surface area contributed by atoms with Crippen LogP contribution in [0.3, 0.4) is 0 Å². The summed E-state index contributed by atoms with van der Waals surface area (Å²) in [7, 11) is 0. The van der Waals surface area contributed by atoms with Gasteiger partial charge >= 0.3 is 0 Å². The summed E-state index contributed by atoms with van der Waals surface area (Å²) >= 11 is 0. The van der Waals surface area contributed by atoms with Crippen LogP contribution in [0.25, 0.3) is 11.1 Å². The van der Waals surface area contributed by atoms with Gasteiger partial charge in [-0.2, -0.15) is 0 Å². The molecule has 3 aromatic carbocycles. The van der Waals surface area contributed by atoms with E-state index in [2.05, 4.69) is 17.0 Å². The highest BCUT2D eigenvalue weighted by molar-refractivity contribution is 5.95. The number of hydrogen-bond donors (Lipinski definition) is 0. The van der Waals surface area contributed by atoms with Crippen molar-refractivity contribution in [3.05, 3.63) is 96.1 Å². The van der Waals surface area contributed by atoms with Crippen LogP contribution in [0.1, 0.15) is 20.7 Å². The Morgan fingerprint density at radius 1 is 0.562 bits per heavy atom. The zero-order valence-electron chi connectivity index (χ0n) is 18.1. The second-order valence-corrected chi connectivity index (χ2v) is 8.50. The molecule has 2 fully saturated rings. The van der Waals surface area contributed by atoms with Gasteiger partial charge in [0.25, 0.3) is 11.8 Å². The SMILES string of the molecule is O=C(c1ccccc1)N1CCN(C2CN(C(=O)c3ccc(-c4ccccc4)cc3)C2)CC1. The zero-order valence-corrected chi connectivity index (χ0v) is 18.1. The minimum Gasteiger partial charge on any atom is -0.336 e. The summed E-state index contributed by atoms with van der Waals surface area (Å²) in [5.41, 5.74) is 3.76. The first-order chi connectivity index (χ1) is 15.7. The van der Waals surface area contributed by atoms with E-state index < -0.39 is 0 Å². The number of rotatable bonds is 4. The third kappa shape index (κ3) is 4.16. The number of carbonyl (C=O) groups excluding carboxylic acids is 2. The van der Waals surface area contributed by atoms with Crippen molar-refractivity contribution in [3.63, 3.8) is 0 Å². The maximum atomic E-state index is 12.9. The predicted molar refractivity (Wildman–Crippen MR) is 125 cm³/mol. The fourth-order valence-electron chi connectivity index (χ4n) is 4.52. The van der Waals surface area contributed by atoms with E-state index in [0.717, 1.165) is 61.5 Å². The van der Waals surface area contributed by atoms with Crippen LogP contribution in [0.5, 0.6) is 0 Å². The van der Waals surface area contributed by atoms with Crippen molar-refractivity contribution in [2.75, 3.05) is 39.3 Å². The largest absolute Gasteiger partial charge is 0.336 e. The summed E-state index contributed by atoms with van der Waals surface area (Å²) in [6, 6.07) is 27.9. The fraction of sp³-hybridized carbons (Fsp3) is 0.259. The van der Waals surface area contributed by atoms with Gasteiger partial charge in [0.05, 0.1) is 0 Å².